The second kappa shape index (κ2) is 7.91. The van der Waals surface area contributed by atoms with E-state index in [0.717, 1.165) is 4.90 Å². The van der Waals surface area contributed by atoms with Crippen LogP contribution in [0.3, 0.4) is 0 Å². The molecule has 4 rings (SSSR count). The maximum absolute atomic E-state index is 12.8. The molecule has 0 aromatic heterocycles. The summed E-state index contributed by atoms with van der Waals surface area (Å²) < 4.78 is 20.9. The topological polar surface area (TPSA) is 115 Å². The lowest BCUT2D eigenvalue weighted by molar-refractivity contribution is -0.121. The number of hydrazine groups is 1. The Kier molecular flexibility index (Phi) is 5.15. The fourth-order valence-electron chi connectivity index (χ4n) is 3.23. The van der Waals surface area contributed by atoms with Crippen LogP contribution in [0.4, 0.5) is 5.69 Å². The number of methoxy groups -OCH3 is 2. The predicted molar refractivity (Wildman–Crippen MR) is 104 cm³/mol. The summed E-state index contributed by atoms with van der Waals surface area (Å²) in [6.45, 7) is 0.0981. The Morgan fingerprint density at radius 3 is 2.63 bits per heavy atom. The van der Waals surface area contributed by atoms with E-state index in [1.54, 1.807) is 30.3 Å². The van der Waals surface area contributed by atoms with E-state index < -0.39 is 23.8 Å². The second-order valence-corrected chi connectivity index (χ2v) is 6.53. The van der Waals surface area contributed by atoms with Crippen molar-refractivity contribution < 1.29 is 33.3 Å². The van der Waals surface area contributed by atoms with Gasteiger partial charge in [0, 0.05) is 11.6 Å². The summed E-state index contributed by atoms with van der Waals surface area (Å²) in [5.74, 6) is 0.413. The van der Waals surface area contributed by atoms with Gasteiger partial charge in [-0.15, -0.1) is 0 Å². The minimum Gasteiger partial charge on any atom is -0.497 e. The number of hydrogen-bond donors (Lipinski definition) is 2. The number of fused-ring (bicyclic) bond motifs is 1. The van der Waals surface area contributed by atoms with Gasteiger partial charge in [-0.05, 0) is 30.3 Å². The second-order valence-electron chi connectivity index (χ2n) is 6.53. The lowest BCUT2D eigenvalue weighted by atomic mass is 10.2. The van der Waals surface area contributed by atoms with Gasteiger partial charge in [0.2, 0.25) is 12.7 Å². The first-order valence-electron chi connectivity index (χ1n) is 9.06. The first kappa shape index (κ1) is 19.5. The lowest BCUT2D eigenvalue weighted by Gasteiger charge is -2.19. The standard InChI is InChI=1S/C20H19N3O7/c1-27-12-4-6-15(28-2)14(8-12)23-18(24)9-13(20(23)26)21-22-19(25)11-3-5-16-17(7-11)30-10-29-16/h3-8,13,21H,9-10H2,1-2H3,(H,22,25)/t13-/m0/s1. The van der Waals surface area contributed by atoms with Gasteiger partial charge in [-0.2, -0.15) is 0 Å². The van der Waals surface area contributed by atoms with E-state index in [9.17, 15) is 14.4 Å². The summed E-state index contributed by atoms with van der Waals surface area (Å²) in [6.07, 6.45) is -0.124. The van der Waals surface area contributed by atoms with Gasteiger partial charge < -0.3 is 18.9 Å². The molecule has 2 aromatic rings. The first-order chi connectivity index (χ1) is 14.5. The zero-order chi connectivity index (χ0) is 21.3. The Labute approximate surface area is 171 Å². The molecule has 2 heterocycles. The van der Waals surface area contributed by atoms with Crippen molar-refractivity contribution in [2.45, 2.75) is 12.5 Å². The van der Waals surface area contributed by atoms with Crippen molar-refractivity contribution in [3.8, 4) is 23.0 Å². The van der Waals surface area contributed by atoms with Crippen molar-refractivity contribution >= 4 is 23.4 Å². The average Bonchev–Trinajstić information content (AvgIpc) is 3.34. The Balaban J connectivity index is 1.46. The van der Waals surface area contributed by atoms with E-state index >= 15 is 0 Å². The monoisotopic (exact) mass is 413 g/mol. The lowest BCUT2D eigenvalue weighted by Crippen LogP contribution is -2.48. The first-order valence-corrected chi connectivity index (χ1v) is 9.06. The maximum atomic E-state index is 12.8. The number of rotatable bonds is 6. The molecule has 30 heavy (non-hydrogen) atoms. The molecule has 2 aliphatic rings. The van der Waals surface area contributed by atoms with E-state index in [2.05, 4.69) is 10.9 Å². The Morgan fingerprint density at radius 1 is 1.07 bits per heavy atom. The number of imide groups is 1. The van der Waals surface area contributed by atoms with Gasteiger partial charge in [0.15, 0.2) is 11.5 Å². The van der Waals surface area contributed by atoms with Crippen molar-refractivity contribution in [2.24, 2.45) is 0 Å². The van der Waals surface area contributed by atoms with Crippen LogP contribution in [0.2, 0.25) is 0 Å². The van der Waals surface area contributed by atoms with Gasteiger partial charge >= 0.3 is 0 Å². The third kappa shape index (κ3) is 3.48. The molecule has 0 unspecified atom stereocenters. The van der Waals surface area contributed by atoms with Crippen molar-refractivity contribution in [3.05, 3.63) is 42.0 Å². The van der Waals surface area contributed by atoms with Crippen LogP contribution in [-0.4, -0.2) is 44.8 Å². The Hall–Kier alpha value is -3.79. The summed E-state index contributed by atoms with van der Waals surface area (Å²) >= 11 is 0. The normalized spacial score (nSPS) is 17.3. The molecule has 0 bridgehead atoms. The molecular weight excluding hydrogens is 394 g/mol. The minimum atomic E-state index is -0.925. The fraction of sp³-hybridized carbons (Fsp3) is 0.250. The predicted octanol–water partition coefficient (Wildman–Crippen LogP) is 0.999. The van der Waals surface area contributed by atoms with Gasteiger partial charge in [0.05, 0.1) is 26.3 Å². The van der Waals surface area contributed by atoms with Crippen molar-refractivity contribution in [3.63, 3.8) is 0 Å². The number of nitrogens with zero attached hydrogens (tertiary/aromatic N) is 1. The molecule has 2 aromatic carbocycles. The summed E-state index contributed by atoms with van der Waals surface area (Å²) in [4.78, 5) is 38.8. The third-order valence-corrected chi connectivity index (χ3v) is 4.77. The number of carbonyl (C=O) groups excluding carboxylic acids is 3. The van der Waals surface area contributed by atoms with Crippen LogP contribution in [0, 0.1) is 0 Å². The van der Waals surface area contributed by atoms with Crippen LogP contribution in [0.25, 0.3) is 0 Å². The van der Waals surface area contributed by atoms with Crippen molar-refractivity contribution in [1.29, 1.82) is 0 Å². The zero-order valence-electron chi connectivity index (χ0n) is 16.3. The number of hydrogen-bond acceptors (Lipinski definition) is 8. The summed E-state index contributed by atoms with van der Waals surface area (Å²) in [7, 11) is 2.92. The number of carbonyl (C=O) groups is 3. The number of amides is 3. The average molecular weight is 413 g/mol. The molecule has 1 atom stereocenters. The number of benzene rings is 2. The largest absolute Gasteiger partial charge is 0.497 e. The van der Waals surface area contributed by atoms with Gasteiger partial charge in [-0.1, -0.05) is 0 Å². The highest BCUT2D eigenvalue weighted by molar-refractivity contribution is 6.23. The molecule has 0 radical (unpaired) electrons. The van der Waals surface area contributed by atoms with Gasteiger partial charge in [-0.25, -0.2) is 10.3 Å². The third-order valence-electron chi connectivity index (χ3n) is 4.77. The van der Waals surface area contributed by atoms with Crippen LogP contribution in [0.1, 0.15) is 16.8 Å². The van der Waals surface area contributed by atoms with E-state index in [1.807, 2.05) is 0 Å². The summed E-state index contributed by atoms with van der Waals surface area (Å²) in [5, 5.41) is 0. The van der Waals surface area contributed by atoms with Crippen LogP contribution in [0.5, 0.6) is 23.0 Å². The number of nitrogens with one attached hydrogen (secondary N) is 2. The molecule has 1 fully saturated rings. The van der Waals surface area contributed by atoms with Gasteiger partial charge in [0.1, 0.15) is 17.5 Å². The molecule has 3 amide bonds. The summed E-state index contributed by atoms with van der Waals surface area (Å²) in [6, 6.07) is 8.62. The molecule has 0 aliphatic carbocycles. The van der Waals surface area contributed by atoms with Crippen molar-refractivity contribution in [1.82, 2.24) is 10.9 Å². The molecule has 10 heteroatoms. The summed E-state index contributed by atoms with van der Waals surface area (Å²) in [5.41, 5.74) is 5.69. The quantitative estimate of drug-likeness (QED) is 0.532. The fourth-order valence-corrected chi connectivity index (χ4v) is 3.23. The molecule has 0 spiro atoms. The van der Waals surface area contributed by atoms with Gasteiger partial charge in [0.25, 0.3) is 11.8 Å². The van der Waals surface area contributed by atoms with E-state index in [4.69, 9.17) is 18.9 Å². The molecule has 2 aliphatic heterocycles. The van der Waals surface area contributed by atoms with E-state index in [0.29, 0.717) is 28.6 Å². The highest BCUT2D eigenvalue weighted by Crippen LogP contribution is 2.35. The highest BCUT2D eigenvalue weighted by atomic mass is 16.7. The molecule has 156 valence electrons. The molecule has 0 saturated carbocycles. The zero-order valence-corrected chi connectivity index (χ0v) is 16.3. The van der Waals surface area contributed by atoms with Crippen LogP contribution in [-0.2, 0) is 9.59 Å². The molecule has 1 saturated heterocycles. The Morgan fingerprint density at radius 2 is 1.87 bits per heavy atom. The molecular formula is C20H19N3O7. The smallest absolute Gasteiger partial charge is 0.265 e. The highest BCUT2D eigenvalue weighted by Gasteiger charge is 2.41. The minimum absolute atomic E-state index is 0.0981. The number of ether oxygens (including phenoxy) is 4. The van der Waals surface area contributed by atoms with Crippen molar-refractivity contribution in [2.75, 3.05) is 25.9 Å². The van der Waals surface area contributed by atoms with Crippen LogP contribution >= 0.6 is 0 Å². The Bertz CT molecular complexity index is 1020. The number of anilines is 1. The van der Waals surface area contributed by atoms with E-state index in [-0.39, 0.29) is 18.9 Å². The van der Waals surface area contributed by atoms with Gasteiger partial charge in [-0.3, -0.25) is 19.8 Å². The maximum Gasteiger partial charge on any atom is 0.265 e. The molecule has 2 N–H and O–H groups in total. The van der Waals surface area contributed by atoms with Crippen LogP contribution in [0.15, 0.2) is 36.4 Å². The molecule has 10 nitrogen and oxygen atoms in total. The van der Waals surface area contributed by atoms with E-state index in [1.165, 1.54) is 20.3 Å². The SMILES string of the molecule is COc1ccc(OC)c(N2C(=O)C[C@H](NNC(=O)c3ccc4c(c3)OCO4)C2=O)c1. The van der Waals surface area contributed by atoms with Crippen LogP contribution < -0.4 is 34.7 Å².